The predicted octanol–water partition coefficient (Wildman–Crippen LogP) is 0.633. The summed E-state index contributed by atoms with van der Waals surface area (Å²) in [6, 6.07) is 3.58. The van der Waals surface area contributed by atoms with E-state index in [1.54, 1.807) is 18.4 Å². The predicted molar refractivity (Wildman–Crippen MR) is 73.6 cm³/mol. The number of aromatic nitrogens is 2. The van der Waals surface area contributed by atoms with Crippen LogP contribution in [0.5, 0.6) is 0 Å². The van der Waals surface area contributed by atoms with Gasteiger partial charge in [0.25, 0.3) is 10.0 Å². The summed E-state index contributed by atoms with van der Waals surface area (Å²) in [6.45, 7) is 3.45. The lowest BCUT2D eigenvalue weighted by Gasteiger charge is -2.06. The first-order valence-corrected chi connectivity index (χ1v) is 7.87. The number of furan rings is 1. The molecular weight excluding hydrogens is 280 g/mol. The van der Waals surface area contributed by atoms with Crippen LogP contribution in [0.15, 0.2) is 34.0 Å². The van der Waals surface area contributed by atoms with Gasteiger partial charge in [0.05, 0.1) is 12.5 Å². The summed E-state index contributed by atoms with van der Waals surface area (Å²) >= 11 is 0. The van der Waals surface area contributed by atoms with Crippen LogP contribution in [-0.4, -0.2) is 31.7 Å². The zero-order valence-electron chi connectivity index (χ0n) is 11.2. The number of hydrogen-bond donors (Lipinski definition) is 3. The van der Waals surface area contributed by atoms with E-state index in [9.17, 15) is 8.42 Å². The lowest BCUT2D eigenvalue weighted by molar-refractivity contribution is 0.505. The second kappa shape index (κ2) is 6.69. The molecule has 0 unspecified atom stereocenters. The quantitative estimate of drug-likeness (QED) is 0.664. The van der Waals surface area contributed by atoms with E-state index in [1.807, 2.05) is 6.92 Å². The highest BCUT2D eigenvalue weighted by Gasteiger charge is 2.20. The van der Waals surface area contributed by atoms with Crippen LogP contribution in [0.4, 0.5) is 0 Å². The van der Waals surface area contributed by atoms with Gasteiger partial charge < -0.3 is 9.73 Å². The molecule has 0 amide bonds. The van der Waals surface area contributed by atoms with Gasteiger partial charge in [-0.2, -0.15) is 5.10 Å². The van der Waals surface area contributed by atoms with E-state index in [0.717, 1.165) is 12.3 Å². The molecule has 0 spiro atoms. The standard InChI is InChI=1S/C12H18N4O3S/c1-2-13-8-10-9-14-16-12(10)20(17,18)15-6-5-11-4-3-7-19-11/h3-4,7,9,13,15H,2,5-6,8H2,1H3,(H,14,16). The van der Waals surface area contributed by atoms with Gasteiger partial charge in [0.2, 0.25) is 0 Å². The topological polar surface area (TPSA) is 100 Å². The molecule has 0 bridgehead atoms. The van der Waals surface area contributed by atoms with E-state index >= 15 is 0 Å². The fraction of sp³-hybridized carbons (Fsp3) is 0.417. The van der Waals surface area contributed by atoms with Gasteiger partial charge in [0, 0.05) is 25.1 Å². The summed E-state index contributed by atoms with van der Waals surface area (Å²) in [5, 5.41) is 9.51. The Kier molecular flexibility index (Phi) is 4.94. The molecule has 8 heteroatoms. The van der Waals surface area contributed by atoms with Crippen LogP contribution in [0.25, 0.3) is 0 Å². The minimum absolute atomic E-state index is 0.109. The fourth-order valence-electron chi connectivity index (χ4n) is 1.75. The summed E-state index contributed by atoms with van der Waals surface area (Å²) in [7, 11) is -3.58. The average molecular weight is 298 g/mol. The van der Waals surface area contributed by atoms with Gasteiger partial charge in [0.15, 0.2) is 5.03 Å². The molecule has 0 radical (unpaired) electrons. The van der Waals surface area contributed by atoms with Gasteiger partial charge >= 0.3 is 0 Å². The van der Waals surface area contributed by atoms with Crippen molar-refractivity contribution in [1.82, 2.24) is 20.2 Å². The Labute approximate surface area is 117 Å². The van der Waals surface area contributed by atoms with Crippen LogP contribution in [0.1, 0.15) is 18.2 Å². The Morgan fingerprint density at radius 1 is 1.45 bits per heavy atom. The van der Waals surface area contributed by atoms with E-state index in [4.69, 9.17) is 4.42 Å². The summed E-state index contributed by atoms with van der Waals surface area (Å²) in [5.74, 6) is 0.741. The van der Waals surface area contributed by atoms with Gasteiger partial charge in [-0.3, -0.25) is 5.10 Å². The lowest BCUT2D eigenvalue weighted by atomic mass is 10.3. The molecular formula is C12H18N4O3S. The van der Waals surface area contributed by atoms with Gasteiger partial charge in [-0.1, -0.05) is 6.92 Å². The van der Waals surface area contributed by atoms with E-state index in [1.165, 1.54) is 6.20 Å². The summed E-state index contributed by atoms with van der Waals surface area (Å²) < 4.78 is 32.0. The molecule has 2 aromatic rings. The van der Waals surface area contributed by atoms with E-state index in [0.29, 0.717) is 18.5 Å². The van der Waals surface area contributed by atoms with Crippen LogP contribution < -0.4 is 10.0 Å². The number of nitrogens with one attached hydrogen (secondary N) is 3. The molecule has 0 aliphatic heterocycles. The maximum Gasteiger partial charge on any atom is 0.257 e. The third-order valence-corrected chi connectivity index (χ3v) is 4.23. The maximum atomic E-state index is 12.2. The molecule has 0 aromatic carbocycles. The van der Waals surface area contributed by atoms with Crippen molar-refractivity contribution in [2.45, 2.75) is 24.9 Å². The van der Waals surface area contributed by atoms with Crippen molar-refractivity contribution < 1.29 is 12.8 Å². The molecule has 0 aliphatic rings. The van der Waals surface area contributed by atoms with Crippen LogP contribution in [0.3, 0.4) is 0 Å². The monoisotopic (exact) mass is 298 g/mol. The fourth-order valence-corrected chi connectivity index (χ4v) is 2.91. The van der Waals surface area contributed by atoms with Crippen molar-refractivity contribution in [1.29, 1.82) is 0 Å². The molecule has 110 valence electrons. The van der Waals surface area contributed by atoms with Gasteiger partial charge in [-0.25, -0.2) is 13.1 Å². The molecule has 2 aromatic heterocycles. The first-order chi connectivity index (χ1) is 9.63. The Morgan fingerprint density at radius 2 is 2.30 bits per heavy atom. The molecule has 7 nitrogen and oxygen atoms in total. The number of aromatic amines is 1. The Bertz CT molecular complexity index is 619. The second-order valence-electron chi connectivity index (χ2n) is 4.23. The van der Waals surface area contributed by atoms with Crippen LogP contribution in [-0.2, 0) is 23.0 Å². The summed E-state index contributed by atoms with van der Waals surface area (Å²) in [4.78, 5) is 0. The molecule has 2 rings (SSSR count). The highest BCUT2D eigenvalue weighted by Crippen LogP contribution is 2.11. The van der Waals surface area contributed by atoms with E-state index in [2.05, 4.69) is 20.2 Å². The van der Waals surface area contributed by atoms with Crippen molar-refractivity contribution in [2.75, 3.05) is 13.1 Å². The van der Waals surface area contributed by atoms with Crippen molar-refractivity contribution in [3.8, 4) is 0 Å². The van der Waals surface area contributed by atoms with E-state index < -0.39 is 10.0 Å². The molecule has 0 aliphatic carbocycles. The average Bonchev–Trinajstić information content (AvgIpc) is 3.07. The Balaban J connectivity index is 1.97. The zero-order chi connectivity index (χ0) is 14.4. The van der Waals surface area contributed by atoms with Crippen LogP contribution >= 0.6 is 0 Å². The van der Waals surface area contributed by atoms with Gasteiger partial charge in [-0.05, 0) is 18.7 Å². The minimum atomic E-state index is -3.58. The Morgan fingerprint density at radius 3 is 3.00 bits per heavy atom. The molecule has 20 heavy (non-hydrogen) atoms. The first-order valence-electron chi connectivity index (χ1n) is 6.38. The van der Waals surface area contributed by atoms with Crippen LogP contribution in [0, 0.1) is 0 Å². The van der Waals surface area contributed by atoms with E-state index in [-0.39, 0.29) is 11.6 Å². The summed E-state index contributed by atoms with van der Waals surface area (Å²) in [5.41, 5.74) is 0.623. The molecule has 0 fully saturated rings. The molecule has 0 atom stereocenters. The van der Waals surface area contributed by atoms with Crippen molar-refractivity contribution >= 4 is 10.0 Å². The largest absolute Gasteiger partial charge is 0.469 e. The SMILES string of the molecule is CCNCc1cn[nH]c1S(=O)(=O)NCCc1ccco1. The number of sulfonamides is 1. The zero-order valence-corrected chi connectivity index (χ0v) is 12.0. The highest BCUT2D eigenvalue weighted by molar-refractivity contribution is 7.89. The molecule has 3 N–H and O–H groups in total. The third kappa shape index (κ3) is 3.69. The smallest absolute Gasteiger partial charge is 0.257 e. The number of rotatable bonds is 8. The molecule has 0 saturated carbocycles. The van der Waals surface area contributed by atoms with Crippen molar-refractivity contribution in [3.63, 3.8) is 0 Å². The number of nitrogens with zero attached hydrogens (tertiary/aromatic N) is 1. The third-order valence-electron chi connectivity index (χ3n) is 2.76. The second-order valence-corrected chi connectivity index (χ2v) is 5.94. The molecule has 2 heterocycles. The normalized spacial score (nSPS) is 11.8. The summed E-state index contributed by atoms with van der Waals surface area (Å²) in [6.07, 6.45) is 3.58. The van der Waals surface area contributed by atoms with Crippen molar-refractivity contribution in [3.05, 3.63) is 35.9 Å². The van der Waals surface area contributed by atoms with Gasteiger partial charge in [0.1, 0.15) is 5.76 Å². The maximum absolute atomic E-state index is 12.2. The van der Waals surface area contributed by atoms with Gasteiger partial charge in [-0.15, -0.1) is 0 Å². The Hall–Kier alpha value is -1.64. The van der Waals surface area contributed by atoms with Crippen molar-refractivity contribution in [2.24, 2.45) is 0 Å². The van der Waals surface area contributed by atoms with Crippen LogP contribution in [0.2, 0.25) is 0 Å². The number of H-pyrrole nitrogens is 1. The molecule has 0 saturated heterocycles. The lowest BCUT2D eigenvalue weighted by Crippen LogP contribution is -2.27. The first kappa shape index (κ1) is 14.8. The minimum Gasteiger partial charge on any atom is -0.469 e. The highest BCUT2D eigenvalue weighted by atomic mass is 32.2. The number of hydrogen-bond acceptors (Lipinski definition) is 5.